The molecule has 1 heterocycles. The fourth-order valence-electron chi connectivity index (χ4n) is 3.75. The molecule has 25 heavy (non-hydrogen) atoms. The fourth-order valence-corrected chi connectivity index (χ4v) is 4.11. The van der Waals surface area contributed by atoms with Crippen molar-refractivity contribution in [1.82, 2.24) is 4.90 Å². The van der Waals surface area contributed by atoms with E-state index < -0.39 is 17.7 Å². The second-order valence-corrected chi connectivity index (χ2v) is 8.70. The van der Waals surface area contributed by atoms with E-state index in [0.717, 1.165) is 23.7 Å². The number of likely N-dealkylation sites (tertiary alicyclic amines) is 1. The van der Waals surface area contributed by atoms with Crippen molar-refractivity contribution < 1.29 is 14.3 Å². The van der Waals surface area contributed by atoms with Gasteiger partial charge in [-0.2, -0.15) is 0 Å². The fraction of sp³-hybridized carbons (Fsp3) is 0.556. The second-order valence-electron chi connectivity index (χ2n) is 7.78. The number of amides is 2. The van der Waals surface area contributed by atoms with Crippen molar-refractivity contribution >= 4 is 39.3 Å². The minimum atomic E-state index is -0.589. The standard InChI is InChI=1S/C18H24BrN3O3/c1-18(2,3)25-17(24)22-12-6-4-10(8-12)15(22)16(23)21-14-9-11(19)5-7-13(14)20/h5,7,9-10,12,15H,4,6,8,20H2,1-3H3,(H,21,23)/t10?,12?,15-/m0/s1. The molecular weight excluding hydrogens is 386 g/mol. The van der Waals surface area contributed by atoms with E-state index in [-0.39, 0.29) is 17.9 Å². The Kier molecular flexibility index (Phi) is 4.70. The third-order valence-corrected chi connectivity index (χ3v) is 5.22. The van der Waals surface area contributed by atoms with Crippen molar-refractivity contribution in [2.75, 3.05) is 11.1 Å². The molecular formula is C18H24BrN3O3. The Morgan fingerprint density at radius 2 is 2.04 bits per heavy atom. The Morgan fingerprint density at radius 3 is 2.72 bits per heavy atom. The number of nitrogens with two attached hydrogens (primary N) is 1. The van der Waals surface area contributed by atoms with Crippen LogP contribution in [0, 0.1) is 5.92 Å². The van der Waals surface area contributed by atoms with Crippen LogP contribution in [0.25, 0.3) is 0 Å². The highest BCUT2D eigenvalue weighted by Crippen LogP contribution is 2.43. The van der Waals surface area contributed by atoms with Gasteiger partial charge in [-0.05, 0) is 64.2 Å². The summed E-state index contributed by atoms with van der Waals surface area (Å²) in [5.74, 6) is -0.0336. The van der Waals surface area contributed by atoms with Crippen LogP contribution in [0.1, 0.15) is 40.0 Å². The smallest absolute Gasteiger partial charge is 0.411 e. The summed E-state index contributed by atoms with van der Waals surface area (Å²) in [6.07, 6.45) is 2.32. The highest BCUT2D eigenvalue weighted by Gasteiger charge is 2.52. The molecule has 0 aromatic heterocycles. The van der Waals surface area contributed by atoms with E-state index in [1.807, 2.05) is 26.8 Å². The van der Waals surface area contributed by atoms with Crippen molar-refractivity contribution in [2.45, 2.75) is 57.7 Å². The van der Waals surface area contributed by atoms with E-state index in [9.17, 15) is 9.59 Å². The SMILES string of the molecule is CC(C)(C)OC(=O)N1C2CCC(C2)[C@H]1C(=O)Nc1cc(Br)ccc1N. The van der Waals surface area contributed by atoms with Crippen molar-refractivity contribution in [1.29, 1.82) is 0 Å². The largest absolute Gasteiger partial charge is 0.444 e. The number of hydrogen-bond acceptors (Lipinski definition) is 4. The maximum absolute atomic E-state index is 12.9. The van der Waals surface area contributed by atoms with Gasteiger partial charge in [0.15, 0.2) is 0 Å². The van der Waals surface area contributed by atoms with Crippen LogP contribution in [0.5, 0.6) is 0 Å². The lowest BCUT2D eigenvalue weighted by molar-refractivity contribution is -0.122. The number of nitrogens with zero attached hydrogens (tertiary/aromatic N) is 1. The van der Waals surface area contributed by atoms with Gasteiger partial charge in [0, 0.05) is 10.5 Å². The molecule has 2 fully saturated rings. The number of ether oxygens (including phenoxy) is 1. The van der Waals surface area contributed by atoms with Crippen LogP contribution in [-0.2, 0) is 9.53 Å². The monoisotopic (exact) mass is 409 g/mol. The molecule has 2 bridgehead atoms. The molecule has 136 valence electrons. The van der Waals surface area contributed by atoms with Crippen LogP contribution in [0.3, 0.4) is 0 Å². The number of carbonyl (C=O) groups excluding carboxylic acids is 2. The topological polar surface area (TPSA) is 84.7 Å². The number of benzene rings is 1. The first-order valence-electron chi connectivity index (χ1n) is 8.53. The van der Waals surface area contributed by atoms with Gasteiger partial charge in [-0.1, -0.05) is 15.9 Å². The third kappa shape index (κ3) is 3.76. The van der Waals surface area contributed by atoms with E-state index in [0.29, 0.717) is 11.4 Å². The predicted octanol–water partition coefficient (Wildman–Crippen LogP) is 3.76. The van der Waals surface area contributed by atoms with Crippen molar-refractivity contribution in [2.24, 2.45) is 5.92 Å². The number of fused-ring (bicyclic) bond motifs is 2. The molecule has 7 heteroatoms. The molecule has 1 aromatic carbocycles. The van der Waals surface area contributed by atoms with E-state index >= 15 is 0 Å². The van der Waals surface area contributed by atoms with Crippen molar-refractivity contribution in [3.05, 3.63) is 22.7 Å². The second kappa shape index (κ2) is 6.52. The average molecular weight is 410 g/mol. The minimum Gasteiger partial charge on any atom is -0.444 e. The van der Waals surface area contributed by atoms with Gasteiger partial charge in [-0.25, -0.2) is 4.79 Å². The zero-order valence-corrected chi connectivity index (χ0v) is 16.3. The first-order chi connectivity index (χ1) is 11.7. The molecule has 3 N–H and O–H groups in total. The summed E-state index contributed by atoms with van der Waals surface area (Å²) in [6, 6.07) is 4.88. The normalized spacial score (nSPS) is 25.1. The van der Waals surface area contributed by atoms with Gasteiger partial charge >= 0.3 is 6.09 Å². The maximum atomic E-state index is 12.9. The van der Waals surface area contributed by atoms with Gasteiger partial charge in [0.2, 0.25) is 5.91 Å². The van der Waals surface area contributed by atoms with Gasteiger partial charge in [0.1, 0.15) is 11.6 Å². The Hall–Kier alpha value is -1.76. The highest BCUT2D eigenvalue weighted by molar-refractivity contribution is 9.10. The summed E-state index contributed by atoms with van der Waals surface area (Å²) >= 11 is 3.38. The number of anilines is 2. The zero-order valence-electron chi connectivity index (χ0n) is 14.7. The highest BCUT2D eigenvalue weighted by atomic mass is 79.9. The lowest BCUT2D eigenvalue weighted by atomic mass is 9.98. The van der Waals surface area contributed by atoms with Gasteiger partial charge in [0.05, 0.1) is 11.4 Å². The first kappa shape index (κ1) is 18.0. The van der Waals surface area contributed by atoms with Gasteiger partial charge in [-0.15, -0.1) is 0 Å². The zero-order chi connectivity index (χ0) is 18.4. The van der Waals surface area contributed by atoms with E-state index in [4.69, 9.17) is 10.5 Å². The minimum absolute atomic E-state index is 0.0791. The van der Waals surface area contributed by atoms with Gasteiger partial charge < -0.3 is 15.8 Å². The third-order valence-electron chi connectivity index (χ3n) is 4.73. The Bertz CT molecular complexity index is 701. The van der Waals surface area contributed by atoms with Gasteiger partial charge in [-0.3, -0.25) is 9.69 Å². The molecule has 0 radical (unpaired) electrons. The molecule has 1 saturated heterocycles. The molecule has 0 spiro atoms. The van der Waals surface area contributed by atoms with Crippen molar-refractivity contribution in [3.8, 4) is 0 Å². The van der Waals surface area contributed by atoms with Crippen LogP contribution in [0.4, 0.5) is 16.2 Å². The van der Waals surface area contributed by atoms with Crippen molar-refractivity contribution in [3.63, 3.8) is 0 Å². The Balaban J connectivity index is 1.80. The van der Waals surface area contributed by atoms with E-state index in [2.05, 4.69) is 21.2 Å². The molecule has 1 aliphatic heterocycles. The average Bonchev–Trinajstić information content (AvgIpc) is 3.09. The molecule has 3 atom stereocenters. The maximum Gasteiger partial charge on any atom is 0.411 e. The number of halogens is 1. The lowest BCUT2D eigenvalue weighted by Gasteiger charge is -2.35. The predicted molar refractivity (Wildman–Crippen MR) is 100 cm³/mol. The van der Waals surface area contributed by atoms with Crippen LogP contribution < -0.4 is 11.1 Å². The quantitative estimate of drug-likeness (QED) is 0.728. The summed E-state index contributed by atoms with van der Waals surface area (Å²) in [5, 5.41) is 2.88. The number of carbonyl (C=O) groups is 2. The number of hydrogen-bond donors (Lipinski definition) is 2. The summed E-state index contributed by atoms with van der Waals surface area (Å²) < 4.78 is 6.35. The van der Waals surface area contributed by atoms with Gasteiger partial charge in [0.25, 0.3) is 0 Å². The molecule has 2 aliphatic rings. The number of nitrogens with one attached hydrogen (secondary N) is 1. The van der Waals surface area contributed by atoms with Crippen LogP contribution in [0.2, 0.25) is 0 Å². The molecule has 3 rings (SSSR count). The molecule has 1 aliphatic carbocycles. The van der Waals surface area contributed by atoms with E-state index in [1.165, 1.54) is 0 Å². The van der Waals surface area contributed by atoms with Crippen LogP contribution >= 0.6 is 15.9 Å². The molecule has 6 nitrogen and oxygen atoms in total. The lowest BCUT2D eigenvalue weighted by Crippen LogP contribution is -2.52. The number of rotatable bonds is 2. The Labute approximate surface area is 156 Å². The van der Waals surface area contributed by atoms with E-state index in [1.54, 1.807) is 17.0 Å². The summed E-state index contributed by atoms with van der Waals surface area (Å²) in [5.41, 5.74) is 6.40. The number of piperidine rings is 1. The molecule has 2 amide bonds. The first-order valence-corrected chi connectivity index (χ1v) is 9.32. The van der Waals surface area contributed by atoms with Crippen LogP contribution in [-0.4, -0.2) is 34.6 Å². The summed E-state index contributed by atoms with van der Waals surface area (Å²) in [7, 11) is 0. The van der Waals surface area contributed by atoms with Crippen LogP contribution in [0.15, 0.2) is 22.7 Å². The molecule has 1 aromatic rings. The number of nitrogen functional groups attached to an aromatic ring is 1. The summed E-state index contributed by atoms with van der Waals surface area (Å²) in [6.45, 7) is 5.49. The molecule has 1 saturated carbocycles. The molecule has 2 unspecified atom stereocenters. The Morgan fingerprint density at radius 1 is 1.32 bits per heavy atom. The summed E-state index contributed by atoms with van der Waals surface area (Å²) in [4.78, 5) is 27.2.